The number of aliphatic carboxylic acids is 2. The lowest BCUT2D eigenvalue weighted by Crippen LogP contribution is -2.60. The molecule has 2 rings (SSSR count). The van der Waals surface area contributed by atoms with Crippen LogP contribution >= 0.6 is 0 Å². The van der Waals surface area contributed by atoms with E-state index in [1.54, 1.807) is 6.20 Å². The van der Waals surface area contributed by atoms with Gasteiger partial charge < -0.3 is 64.1 Å². The normalized spacial score (nSPS) is 15.0. The van der Waals surface area contributed by atoms with E-state index in [1.165, 1.54) is 6.92 Å². The van der Waals surface area contributed by atoms with E-state index in [1.807, 2.05) is 38.1 Å². The summed E-state index contributed by atoms with van der Waals surface area (Å²) in [6, 6.07) is -0.601. The van der Waals surface area contributed by atoms with Crippen molar-refractivity contribution in [1.82, 2.24) is 31.6 Å². The highest BCUT2D eigenvalue weighted by atomic mass is 16.4. The second-order valence-electron chi connectivity index (χ2n) is 14.6. The number of para-hydroxylation sites is 1. The Balaban J connectivity index is 2.41. The van der Waals surface area contributed by atoms with Crippen molar-refractivity contribution in [3.63, 3.8) is 0 Å². The summed E-state index contributed by atoms with van der Waals surface area (Å²) in [7, 11) is 0. The van der Waals surface area contributed by atoms with Crippen LogP contribution in [-0.4, -0.2) is 117 Å². The zero-order chi connectivity index (χ0) is 42.7. The maximum atomic E-state index is 14.0. The lowest BCUT2D eigenvalue weighted by atomic mass is 10.0. The molecular formula is C38H61N9O10. The molecule has 5 amide bonds. The summed E-state index contributed by atoms with van der Waals surface area (Å²) < 4.78 is 0. The number of rotatable bonds is 27. The predicted octanol–water partition coefficient (Wildman–Crippen LogP) is -0.904. The number of hydrogen-bond donors (Lipinski definition) is 12. The van der Waals surface area contributed by atoms with Crippen molar-refractivity contribution in [1.29, 1.82) is 0 Å². The first-order chi connectivity index (χ1) is 27.0. The van der Waals surface area contributed by atoms with Crippen LogP contribution in [0.1, 0.15) is 84.1 Å². The minimum absolute atomic E-state index is 0.0151. The van der Waals surface area contributed by atoms with Crippen LogP contribution < -0.4 is 43.8 Å². The number of amides is 5. The Bertz CT molecular complexity index is 1650. The van der Waals surface area contributed by atoms with Crippen LogP contribution in [0.15, 0.2) is 30.5 Å². The number of H-pyrrole nitrogens is 1. The fraction of sp³-hybridized carbons (Fsp3) is 0.605. The van der Waals surface area contributed by atoms with Crippen LogP contribution in [0, 0.1) is 5.92 Å². The Kier molecular flexibility index (Phi) is 20.7. The third-order valence-electron chi connectivity index (χ3n) is 9.28. The Labute approximate surface area is 332 Å². The number of carbonyl (C=O) groups is 7. The lowest BCUT2D eigenvalue weighted by molar-refractivity contribution is -0.145. The van der Waals surface area contributed by atoms with E-state index < -0.39 is 90.3 Å². The molecule has 0 unspecified atom stereocenters. The maximum Gasteiger partial charge on any atom is 0.328 e. The number of aromatic amines is 1. The number of benzene rings is 1. The highest BCUT2D eigenvalue weighted by molar-refractivity contribution is 5.97. The molecule has 7 atom stereocenters. The number of nitrogens with two attached hydrogens (primary N) is 3. The number of unbranched alkanes of at least 4 members (excludes halogenated alkanes) is 2. The molecule has 0 saturated heterocycles. The molecule has 0 aliphatic heterocycles. The minimum Gasteiger partial charge on any atom is -0.481 e. The largest absolute Gasteiger partial charge is 0.481 e. The minimum atomic E-state index is -1.67. The third-order valence-corrected chi connectivity index (χ3v) is 9.28. The number of hydrogen-bond acceptors (Lipinski definition) is 11. The van der Waals surface area contributed by atoms with Gasteiger partial charge in [-0.15, -0.1) is 0 Å². The molecule has 0 spiro atoms. The molecule has 2 aromatic rings. The highest BCUT2D eigenvalue weighted by Crippen LogP contribution is 2.20. The number of nitrogens with one attached hydrogen (secondary N) is 6. The van der Waals surface area contributed by atoms with E-state index >= 15 is 0 Å². The van der Waals surface area contributed by atoms with Gasteiger partial charge in [0, 0.05) is 29.9 Å². The molecule has 0 radical (unpaired) electrons. The lowest BCUT2D eigenvalue weighted by Gasteiger charge is -2.27. The molecule has 1 aromatic carbocycles. The van der Waals surface area contributed by atoms with Gasteiger partial charge in [-0.2, -0.15) is 0 Å². The van der Waals surface area contributed by atoms with E-state index in [9.17, 15) is 48.9 Å². The standard InChI is InChI=1S/C38H61N9O10/c1-21(2)18-25(41)33(51)46-30(19-23-20-42-26-11-5-4-10-24(23)26)37(55)45-29(14-15-31(49)50)35(53)43-27(12-6-8-16-39)34(52)44-28(13-7-9-17-40)36(54)47-32(22(3)48)38(56)57/h4-5,10-11,20-22,25,27-30,32,42,48H,6-9,12-19,39-41H2,1-3H3,(H,43,53)(H,44,52)(H,45,55)(H,46,51)(H,47,54)(H,49,50)(H,56,57)/t22-,25+,27+,28+,29+,30+,32+/m1/s1. The molecule has 57 heavy (non-hydrogen) atoms. The number of aromatic nitrogens is 1. The van der Waals surface area contributed by atoms with Crippen LogP contribution in [0.2, 0.25) is 0 Å². The number of fused-ring (bicyclic) bond motifs is 1. The summed E-state index contributed by atoms with van der Waals surface area (Å²) >= 11 is 0. The van der Waals surface area contributed by atoms with Crippen molar-refractivity contribution in [2.75, 3.05) is 13.1 Å². The van der Waals surface area contributed by atoms with Crippen LogP contribution in [0.5, 0.6) is 0 Å². The molecule has 0 aliphatic rings. The van der Waals surface area contributed by atoms with Gasteiger partial charge in [0.25, 0.3) is 0 Å². The van der Waals surface area contributed by atoms with Gasteiger partial charge in [0.2, 0.25) is 29.5 Å². The summed E-state index contributed by atoms with van der Waals surface area (Å²) in [5.74, 6) is -6.68. The Morgan fingerprint density at radius 2 is 1.18 bits per heavy atom. The SMILES string of the molecule is CC(C)C[C@H](N)C(=O)N[C@@H](Cc1c[nH]c2ccccc12)C(=O)N[C@@H](CCC(=O)O)C(=O)N[C@@H](CCCCN)C(=O)N[C@@H](CCCCN)C(=O)N[C@H](C(=O)O)[C@@H](C)O. The number of carboxylic acid groups (broad SMARTS) is 2. The van der Waals surface area contributed by atoms with Crippen molar-refractivity contribution in [3.8, 4) is 0 Å². The van der Waals surface area contributed by atoms with Gasteiger partial charge in [-0.1, -0.05) is 32.0 Å². The highest BCUT2D eigenvalue weighted by Gasteiger charge is 2.34. The average Bonchev–Trinajstić information content (AvgIpc) is 3.55. The smallest absolute Gasteiger partial charge is 0.328 e. The van der Waals surface area contributed by atoms with E-state index in [0.717, 1.165) is 10.9 Å². The zero-order valence-corrected chi connectivity index (χ0v) is 32.9. The van der Waals surface area contributed by atoms with Gasteiger partial charge in [0.15, 0.2) is 6.04 Å². The molecule has 1 heterocycles. The summed E-state index contributed by atoms with van der Waals surface area (Å²) in [6.07, 6.45) is 1.36. The first-order valence-electron chi connectivity index (χ1n) is 19.3. The van der Waals surface area contributed by atoms with Gasteiger partial charge in [-0.25, -0.2) is 4.79 Å². The third kappa shape index (κ3) is 16.5. The molecule has 0 bridgehead atoms. The second-order valence-corrected chi connectivity index (χ2v) is 14.6. The summed E-state index contributed by atoms with van der Waals surface area (Å²) in [6.45, 7) is 5.52. The maximum absolute atomic E-state index is 14.0. The molecule has 318 valence electrons. The Morgan fingerprint density at radius 1 is 0.684 bits per heavy atom. The van der Waals surface area contributed by atoms with Crippen molar-refractivity contribution >= 4 is 52.4 Å². The van der Waals surface area contributed by atoms with Gasteiger partial charge in [-0.05, 0) is 88.9 Å². The molecule has 1 aromatic heterocycles. The fourth-order valence-corrected chi connectivity index (χ4v) is 6.14. The van der Waals surface area contributed by atoms with Gasteiger partial charge in [0.1, 0.15) is 24.2 Å². The topological polar surface area (TPSA) is 334 Å². The van der Waals surface area contributed by atoms with Crippen LogP contribution in [0.25, 0.3) is 10.9 Å². The van der Waals surface area contributed by atoms with Gasteiger partial charge >= 0.3 is 11.9 Å². The van der Waals surface area contributed by atoms with Gasteiger partial charge in [0.05, 0.1) is 12.1 Å². The first kappa shape index (κ1) is 48.0. The van der Waals surface area contributed by atoms with E-state index in [-0.39, 0.29) is 44.7 Å². The molecule has 0 saturated carbocycles. The molecule has 15 N–H and O–H groups in total. The fourth-order valence-electron chi connectivity index (χ4n) is 6.14. The van der Waals surface area contributed by atoms with Crippen molar-refractivity contribution in [2.45, 2.75) is 127 Å². The quantitative estimate of drug-likeness (QED) is 0.0488. The van der Waals surface area contributed by atoms with Crippen molar-refractivity contribution in [3.05, 3.63) is 36.0 Å². The number of carboxylic acids is 2. The average molecular weight is 804 g/mol. The molecule has 19 heteroatoms. The van der Waals surface area contributed by atoms with Crippen molar-refractivity contribution < 1.29 is 48.9 Å². The molecule has 0 aliphatic carbocycles. The number of carbonyl (C=O) groups excluding carboxylic acids is 5. The number of aliphatic hydroxyl groups excluding tert-OH is 1. The summed E-state index contributed by atoms with van der Waals surface area (Å²) in [5, 5.41) is 42.3. The Hall–Kier alpha value is -5.11. The molecule has 19 nitrogen and oxygen atoms in total. The molecular weight excluding hydrogens is 742 g/mol. The monoisotopic (exact) mass is 803 g/mol. The predicted molar refractivity (Wildman–Crippen MR) is 211 cm³/mol. The van der Waals surface area contributed by atoms with Crippen LogP contribution in [0.3, 0.4) is 0 Å². The first-order valence-corrected chi connectivity index (χ1v) is 19.3. The van der Waals surface area contributed by atoms with E-state index in [2.05, 4.69) is 31.6 Å². The Morgan fingerprint density at radius 3 is 1.67 bits per heavy atom. The van der Waals surface area contributed by atoms with Crippen LogP contribution in [-0.2, 0) is 40.0 Å². The van der Waals surface area contributed by atoms with E-state index in [4.69, 9.17) is 17.2 Å². The number of aliphatic hydroxyl groups is 1. The van der Waals surface area contributed by atoms with Crippen LogP contribution in [0.4, 0.5) is 0 Å². The van der Waals surface area contributed by atoms with E-state index in [0.29, 0.717) is 37.7 Å². The summed E-state index contributed by atoms with van der Waals surface area (Å²) in [4.78, 5) is 94.5. The molecule has 0 fully saturated rings. The summed E-state index contributed by atoms with van der Waals surface area (Å²) in [5.41, 5.74) is 18.9. The zero-order valence-electron chi connectivity index (χ0n) is 32.9. The second kappa shape index (κ2) is 24.5. The van der Waals surface area contributed by atoms with Gasteiger partial charge in [-0.3, -0.25) is 28.8 Å². The van der Waals surface area contributed by atoms with Crippen molar-refractivity contribution in [2.24, 2.45) is 23.1 Å².